The molecule has 1 aromatic rings. The summed E-state index contributed by atoms with van der Waals surface area (Å²) in [5.41, 5.74) is -0.171. The average Bonchev–Trinajstić information content (AvgIpc) is 2.61. The molecule has 1 aromatic carbocycles. The Bertz CT molecular complexity index is 591. The summed E-state index contributed by atoms with van der Waals surface area (Å²) in [6.45, 7) is 4.70. The van der Waals surface area contributed by atoms with Crippen LogP contribution < -0.4 is 0 Å². The smallest absolute Gasteiger partial charge is 0.306 e. The lowest BCUT2D eigenvalue weighted by Crippen LogP contribution is -2.14. The number of ether oxygens (including phenoxy) is 1. The van der Waals surface area contributed by atoms with E-state index in [1.807, 2.05) is 0 Å². The van der Waals surface area contributed by atoms with Crippen molar-refractivity contribution in [3.8, 4) is 0 Å². The lowest BCUT2D eigenvalue weighted by Gasteiger charge is -2.14. The van der Waals surface area contributed by atoms with Gasteiger partial charge in [-0.05, 0) is 24.5 Å². The SMILES string of the molecule is CCCCC(CC)COC(=O)CCSc1ccc(C=O)c([N+](=O)[O-])c1. The Labute approximate surface area is 152 Å². The molecule has 0 aliphatic heterocycles. The van der Waals surface area contributed by atoms with Gasteiger partial charge in [-0.2, -0.15) is 0 Å². The fourth-order valence-corrected chi connectivity index (χ4v) is 3.17. The Morgan fingerprint density at radius 3 is 2.76 bits per heavy atom. The quantitative estimate of drug-likeness (QED) is 0.176. The van der Waals surface area contributed by atoms with Crippen molar-refractivity contribution in [2.75, 3.05) is 12.4 Å². The van der Waals surface area contributed by atoms with Crippen molar-refractivity contribution in [1.82, 2.24) is 0 Å². The van der Waals surface area contributed by atoms with E-state index in [9.17, 15) is 19.7 Å². The van der Waals surface area contributed by atoms with E-state index in [1.54, 1.807) is 6.07 Å². The van der Waals surface area contributed by atoms with E-state index < -0.39 is 4.92 Å². The van der Waals surface area contributed by atoms with Crippen molar-refractivity contribution >= 4 is 29.7 Å². The molecule has 0 spiro atoms. The molecule has 0 bridgehead atoms. The van der Waals surface area contributed by atoms with E-state index in [0.29, 0.717) is 29.5 Å². The molecule has 25 heavy (non-hydrogen) atoms. The van der Waals surface area contributed by atoms with Crippen molar-refractivity contribution in [3.05, 3.63) is 33.9 Å². The Morgan fingerprint density at radius 1 is 1.40 bits per heavy atom. The fourth-order valence-electron chi connectivity index (χ4n) is 2.30. The molecule has 0 saturated heterocycles. The molecule has 6 nitrogen and oxygen atoms in total. The van der Waals surface area contributed by atoms with E-state index in [4.69, 9.17) is 4.74 Å². The van der Waals surface area contributed by atoms with Crippen LogP contribution in [0.5, 0.6) is 0 Å². The number of nitro groups is 1. The maximum Gasteiger partial charge on any atom is 0.306 e. The lowest BCUT2D eigenvalue weighted by molar-refractivity contribution is -0.385. The molecule has 0 N–H and O–H groups in total. The van der Waals surface area contributed by atoms with E-state index >= 15 is 0 Å². The average molecular weight is 367 g/mol. The van der Waals surface area contributed by atoms with Gasteiger partial charge in [0, 0.05) is 16.7 Å². The zero-order chi connectivity index (χ0) is 18.7. The molecule has 138 valence electrons. The Balaban J connectivity index is 2.41. The van der Waals surface area contributed by atoms with Gasteiger partial charge < -0.3 is 4.74 Å². The van der Waals surface area contributed by atoms with E-state index in [-0.39, 0.29) is 23.6 Å². The first-order chi connectivity index (χ1) is 12.0. The third kappa shape index (κ3) is 7.69. The molecular weight excluding hydrogens is 342 g/mol. The van der Waals surface area contributed by atoms with Gasteiger partial charge in [0.05, 0.1) is 23.5 Å². The molecule has 0 fully saturated rings. The number of hydrogen-bond acceptors (Lipinski definition) is 6. The number of hydrogen-bond donors (Lipinski definition) is 0. The topological polar surface area (TPSA) is 86.5 Å². The van der Waals surface area contributed by atoms with Crippen LogP contribution >= 0.6 is 11.8 Å². The number of rotatable bonds is 12. The minimum Gasteiger partial charge on any atom is -0.465 e. The van der Waals surface area contributed by atoms with Gasteiger partial charge in [0.25, 0.3) is 5.69 Å². The summed E-state index contributed by atoms with van der Waals surface area (Å²) in [6.07, 6.45) is 5.05. The predicted octanol–water partition coefficient (Wildman–Crippen LogP) is 4.65. The van der Waals surface area contributed by atoms with Gasteiger partial charge in [-0.1, -0.05) is 33.1 Å². The van der Waals surface area contributed by atoms with Crippen LogP contribution in [0.3, 0.4) is 0 Å². The van der Waals surface area contributed by atoms with Crippen LogP contribution in [0.1, 0.15) is 56.3 Å². The molecule has 0 radical (unpaired) electrons. The molecule has 0 aromatic heterocycles. The Hall–Kier alpha value is -1.89. The van der Waals surface area contributed by atoms with Crippen LogP contribution in [-0.2, 0) is 9.53 Å². The summed E-state index contributed by atoms with van der Waals surface area (Å²) in [7, 11) is 0. The number of benzene rings is 1. The monoisotopic (exact) mass is 367 g/mol. The van der Waals surface area contributed by atoms with Crippen molar-refractivity contribution < 1.29 is 19.2 Å². The number of nitro benzene ring substituents is 1. The second kappa shape index (κ2) is 11.6. The first kappa shape index (κ1) is 21.2. The number of esters is 1. The van der Waals surface area contributed by atoms with Gasteiger partial charge in [-0.3, -0.25) is 19.7 Å². The standard InChI is InChI=1S/C18H25NO5S/c1-3-5-6-14(4-2)13-24-18(21)9-10-25-16-8-7-15(12-20)17(11-16)19(22)23/h7-8,11-12,14H,3-6,9-10,13H2,1-2H3. The van der Waals surface area contributed by atoms with E-state index in [2.05, 4.69) is 13.8 Å². The Morgan fingerprint density at radius 2 is 2.16 bits per heavy atom. The maximum atomic E-state index is 11.8. The zero-order valence-corrected chi connectivity index (χ0v) is 15.5. The van der Waals surface area contributed by atoms with Gasteiger partial charge in [-0.15, -0.1) is 11.8 Å². The van der Waals surface area contributed by atoms with Crippen molar-refractivity contribution in [1.29, 1.82) is 0 Å². The van der Waals surface area contributed by atoms with Crippen molar-refractivity contribution in [2.45, 2.75) is 50.8 Å². The van der Waals surface area contributed by atoms with Gasteiger partial charge >= 0.3 is 5.97 Å². The van der Waals surface area contributed by atoms with Crippen LogP contribution in [0, 0.1) is 16.0 Å². The highest BCUT2D eigenvalue weighted by atomic mass is 32.2. The molecule has 0 amide bonds. The number of carbonyl (C=O) groups excluding carboxylic acids is 2. The van der Waals surface area contributed by atoms with Gasteiger partial charge in [0.1, 0.15) is 0 Å². The molecule has 0 aliphatic rings. The highest BCUT2D eigenvalue weighted by molar-refractivity contribution is 7.99. The molecule has 0 aliphatic carbocycles. The second-order valence-corrected chi connectivity index (χ2v) is 6.96. The molecule has 0 saturated carbocycles. The minimum absolute atomic E-state index is 0.0476. The number of aldehydes is 1. The summed E-state index contributed by atoms with van der Waals surface area (Å²) >= 11 is 1.33. The van der Waals surface area contributed by atoms with Crippen LogP contribution in [-0.4, -0.2) is 29.5 Å². The third-order valence-corrected chi connectivity index (χ3v) is 4.92. The number of thioether (sulfide) groups is 1. The van der Waals surface area contributed by atoms with Crippen LogP contribution in [0.2, 0.25) is 0 Å². The highest BCUT2D eigenvalue weighted by Gasteiger charge is 2.15. The summed E-state index contributed by atoms with van der Waals surface area (Å²) in [5, 5.41) is 10.9. The molecular formula is C18H25NO5S. The van der Waals surface area contributed by atoms with E-state index in [1.165, 1.54) is 23.9 Å². The minimum atomic E-state index is -0.580. The van der Waals surface area contributed by atoms with Crippen LogP contribution in [0.4, 0.5) is 5.69 Å². The molecule has 1 rings (SSSR count). The summed E-state index contributed by atoms with van der Waals surface area (Å²) in [6, 6.07) is 4.42. The largest absolute Gasteiger partial charge is 0.465 e. The molecule has 0 heterocycles. The van der Waals surface area contributed by atoms with Crippen LogP contribution in [0.25, 0.3) is 0 Å². The molecule has 1 atom stereocenters. The first-order valence-corrected chi connectivity index (χ1v) is 9.52. The molecule has 1 unspecified atom stereocenters. The summed E-state index contributed by atoms with van der Waals surface area (Å²) in [5.74, 6) is 0.638. The second-order valence-electron chi connectivity index (χ2n) is 5.79. The number of nitrogens with zero attached hydrogens (tertiary/aromatic N) is 1. The summed E-state index contributed by atoms with van der Waals surface area (Å²) < 4.78 is 5.32. The van der Waals surface area contributed by atoms with Gasteiger partial charge in [-0.25, -0.2) is 0 Å². The zero-order valence-electron chi connectivity index (χ0n) is 14.7. The maximum absolute atomic E-state index is 11.8. The van der Waals surface area contributed by atoms with Gasteiger partial charge in [0.2, 0.25) is 0 Å². The lowest BCUT2D eigenvalue weighted by atomic mass is 10.0. The first-order valence-electron chi connectivity index (χ1n) is 8.53. The van der Waals surface area contributed by atoms with E-state index in [0.717, 1.165) is 25.7 Å². The highest BCUT2D eigenvalue weighted by Crippen LogP contribution is 2.26. The van der Waals surface area contributed by atoms with Crippen molar-refractivity contribution in [3.63, 3.8) is 0 Å². The van der Waals surface area contributed by atoms with Gasteiger partial charge in [0.15, 0.2) is 6.29 Å². The predicted molar refractivity (Wildman–Crippen MR) is 98.1 cm³/mol. The Kier molecular flexibility index (Phi) is 9.84. The number of unbranched alkanes of at least 4 members (excludes halogenated alkanes) is 1. The third-order valence-electron chi connectivity index (χ3n) is 3.92. The summed E-state index contributed by atoms with van der Waals surface area (Å²) in [4.78, 5) is 33.6. The number of carbonyl (C=O) groups is 2. The fraction of sp³-hybridized carbons (Fsp3) is 0.556. The normalized spacial score (nSPS) is 11.8. The van der Waals surface area contributed by atoms with Crippen molar-refractivity contribution in [2.24, 2.45) is 5.92 Å². The van der Waals surface area contributed by atoms with Crippen LogP contribution in [0.15, 0.2) is 23.1 Å². The molecule has 7 heteroatoms.